The Kier molecular flexibility index (Phi) is 5.12. The van der Waals surface area contributed by atoms with Crippen LogP contribution < -0.4 is 4.90 Å². The monoisotopic (exact) mass is 388 g/mol. The number of benzene rings is 1. The Hall–Kier alpha value is -2.03. The molecule has 7 nitrogen and oxygen atoms in total. The molecule has 2 aromatic rings. The van der Waals surface area contributed by atoms with Crippen molar-refractivity contribution in [3.8, 4) is 0 Å². The van der Waals surface area contributed by atoms with Crippen molar-refractivity contribution >= 4 is 16.0 Å². The molecule has 0 atom stereocenters. The maximum atomic E-state index is 13.0. The summed E-state index contributed by atoms with van der Waals surface area (Å²) in [6.07, 6.45) is 3.75. The number of aryl methyl sites for hydroxylation is 1. The minimum absolute atomic E-state index is 0.286. The van der Waals surface area contributed by atoms with Crippen LogP contribution in [0.4, 0.5) is 5.95 Å². The molecule has 2 aliphatic rings. The standard InChI is InChI=1S/C19H24N4O3S/c1-2-3-15-4-6-17(7-5-15)27(24,25)23-13-16-12-20-19(21-18(16)14-23)22-8-10-26-11-9-22/h4-7,12H,2-3,8-11,13-14H2,1H3. The molecule has 8 heteroatoms. The molecule has 0 spiro atoms. The second-order valence-electron chi connectivity index (χ2n) is 6.91. The molecule has 2 aliphatic heterocycles. The van der Waals surface area contributed by atoms with Gasteiger partial charge in [-0.3, -0.25) is 0 Å². The van der Waals surface area contributed by atoms with Gasteiger partial charge in [0.2, 0.25) is 16.0 Å². The number of aromatic nitrogens is 2. The van der Waals surface area contributed by atoms with Crippen LogP contribution in [0.3, 0.4) is 0 Å². The molecule has 144 valence electrons. The Morgan fingerprint density at radius 3 is 2.56 bits per heavy atom. The zero-order chi connectivity index (χ0) is 18.9. The van der Waals surface area contributed by atoms with Gasteiger partial charge in [-0.2, -0.15) is 4.31 Å². The summed E-state index contributed by atoms with van der Waals surface area (Å²) in [4.78, 5) is 11.5. The molecule has 0 N–H and O–H groups in total. The molecular formula is C19H24N4O3S. The van der Waals surface area contributed by atoms with Gasteiger partial charge in [0.25, 0.3) is 0 Å². The first-order valence-electron chi connectivity index (χ1n) is 9.34. The predicted molar refractivity (Wildman–Crippen MR) is 102 cm³/mol. The lowest BCUT2D eigenvalue weighted by Gasteiger charge is -2.26. The van der Waals surface area contributed by atoms with Crippen molar-refractivity contribution < 1.29 is 13.2 Å². The van der Waals surface area contributed by atoms with Crippen molar-refractivity contribution in [1.82, 2.24) is 14.3 Å². The molecule has 1 fully saturated rings. The first kappa shape index (κ1) is 18.3. The molecule has 0 unspecified atom stereocenters. The Morgan fingerprint density at radius 1 is 1.11 bits per heavy atom. The summed E-state index contributed by atoms with van der Waals surface area (Å²) in [6, 6.07) is 7.20. The van der Waals surface area contributed by atoms with Crippen molar-refractivity contribution in [3.63, 3.8) is 0 Å². The molecule has 0 radical (unpaired) electrons. The molecule has 3 heterocycles. The highest BCUT2D eigenvalue weighted by Crippen LogP contribution is 2.28. The van der Waals surface area contributed by atoms with Crippen molar-refractivity contribution in [2.45, 2.75) is 37.8 Å². The van der Waals surface area contributed by atoms with E-state index in [4.69, 9.17) is 4.74 Å². The van der Waals surface area contributed by atoms with Crippen molar-refractivity contribution in [1.29, 1.82) is 0 Å². The molecule has 4 rings (SSSR count). The van der Waals surface area contributed by atoms with E-state index in [0.717, 1.165) is 42.8 Å². The number of hydrogen-bond donors (Lipinski definition) is 0. The summed E-state index contributed by atoms with van der Waals surface area (Å²) in [5.41, 5.74) is 2.82. The van der Waals surface area contributed by atoms with Crippen molar-refractivity contribution in [2.75, 3.05) is 31.2 Å². The van der Waals surface area contributed by atoms with Crippen LogP contribution in [0.1, 0.15) is 30.2 Å². The maximum Gasteiger partial charge on any atom is 0.243 e. The van der Waals surface area contributed by atoms with Gasteiger partial charge in [0.1, 0.15) is 0 Å². The lowest BCUT2D eigenvalue weighted by molar-refractivity contribution is 0.122. The summed E-state index contributed by atoms with van der Waals surface area (Å²) in [6.45, 7) is 5.55. The van der Waals surface area contributed by atoms with E-state index in [1.807, 2.05) is 12.1 Å². The van der Waals surface area contributed by atoms with E-state index in [1.165, 1.54) is 4.31 Å². The highest BCUT2D eigenvalue weighted by Gasteiger charge is 2.32. The number of fused-ring (bicyclic) bond motifs is 1. The van der Waals surface area contributed by atoms with Crippen LogP contribution in [-0.2, 0) is 34.3 Å². The largest absolute Gasteiger partial charge is 0.378 e. The van der Waals surface area contributed by atoms with Gasteiger partial charge in [0.15, 0.2) is 0 Å². The fraction of sp³-hybridized carbons (Fsp3) is 0.474. The normalized spacial score (nSPS) is 17.9. The van der Waals surface area contributed by atoms with E-state index < -0.39 is 10.0 Å². The van der Waals surface area contributed by atoms with E-state index in [-0.39, 0.29) is 6.54 Å². The SMILES string of the molecule is CCCc1ccc(S(=O)(=O)N2Cc3cnc(N4CCOCC4)nc3C2)cc1. The van der Waals surface area contributed by atoms with Gasteiger partial charge < -0.3 is 9.64 Å². The fourth-order valence-corrected chi connectivity index (χ4v) is 4.84. The second kappa shape index (κ2) is 7.53. The van der Waals surface area contributed by atoms with Gasteiger partial charge >= 0.3 is 0 Å². The van der Waals surface area contributed by atoms with Crippen LogP contribution in [0, 0.1) is 0 Å². The van der Waals surface area contributed by atoms with Crippen molar-refractivity contribution in [2.24, 2.45) is 0 Å². The molecule has 0 amide bonds. The molecule has 1 aromatic carbocycles. The number of rotatable bonds is 5. The molecule has 0 saturated carbocycles. The average Bonchev–Trinajstić information content (AvgIpc) is 3.14. The molecule has 27 heavy (non-hydrogen) atoms. The number of nitrogens with zero attached hydrogens (tertiary/aromatic N) is 4. The number of morpholine rings is 1. The summed E-state index contributed by atoms with van der Waals surface area (Å²) in [7, 11) is -3.54. The summed E-state index contributed by atoms with van der Waals surface area (Å²) in [5.74, 6) is 0.653. The van der Waals surface area contributed by atoms with Gasteiger partial charge in [0, 0.05) is 31.4 Å². The van der Waals surface area contributed by atoms with Crippen LogP contribution in [0.15, 0.2) is 35.4 Å². The first-order chi connectivity index (χ1) is 13.1. The van der Waals surface area contributed by atoms with Crippen LogP contribution in [0.2, 0.25) is 0 Å². The third-order valence-corrected chi connectivity index (χ3v) is 6.81. The molecule has 0 bridgehead atoms. The second-order valence-corrected chi connectivity index (χ2v) is 8.85. The van der Waals surface area contributed by atoms with Crippen molar-refractivity contribution in [3.05, 3.63) is 47.3 Å². The Balaban J connectivity index is 1.53. The minimum atomic E-state index is -3.54. The number of anilines is 1. The molecular weight excluding hydrogens is 364 g/mol. The zero-order valence-corrected chi connectivity index (χ0v) is 16.3. The van der Waals surface area contributed by atoms with E-state index in [0.29, 0.717) is 30.6 Å². The Labute approximate surface area is 160 Å². The van der Waals surface area contributed by atoms with E-state index in [2.05, 4.69) is 21.8 Å². The van der Waals surface area contributed by atoms with Crippen LogP contribution in [0.25, 0.3) is 0 Å². The molecule has 1 saturated heterocycles. The average molecular weight is 388 g/mol. The van der Waals surface area contributed by atoms with E-state index in [9.17, 15) is 8.42 Å². The highest BCUT2D eigenvalue weighted by atomic mass is 32.2. The quantitative estimate of drug-likeness (QED) is 0.780. The first-order valence-corrected chi connectivity index (χ1v) is 10.8. The van der Waals surface area contributed by atoms with Gasteiger partial charge in [-0.15, -0.1) is 0 Å². The van der Waals surface area contributed by atoms with Gasteiger partial charge in [-0.25, -0.2) is 18.4 Å². The third-order valence-electron chi connectivity index (χ3n) is 5.01. The predicted octanol–water partition coefficient (Wildman–Crippen LogP) is 1.97. The van der Waals surface area contributed by atoms with Gasteiger partial charge in [-0.1, -0.05) is 25.5 Å². The minimum Gasteiger partial charge on any atom is -0.378 e. The number of sulfonamides is 1. The van der Waals surface area contributed by atoms with Crippen LogP contribution in [0.5, 0.6) is 0 Å². The summed E-state index contributed by atoms with van der Waals surface area (Å²) < 4.78 is 32.9. The van der Waals surface area contributed by atoms with Crippen LogP contribution in [-0.4, -0.2) is 49.0 Å². The lowest BCUT2D eigenvalue weighted by atomic mass is 10.1. The molecule has 1 aromatic heterocycles. The summed E-state index contributed by atoms with van der Waals surface area (Å²) >= 11 is 0. The van der Waals surface area contributed by atoms with Gasteiger partial charge in [-0.05, 0) is 24.1 Å². The fourth-order valence-electron chi connectivity index (χ4n) is 3.46. The number of hydrogen-bond acceptors (Lipinski definition) is 6. The van der Waals surface area contributed by atoms with E-state index >= 15 is 0 Å². The lowest BCUT2D eigenvalue weighted by Crippen LogP contribution is -2.37. The smallest absolute Gasteiger partial charge is 0.243 e. The number of ether oxygens (including phenoxy) is 1. The topological polar surface area (TPSA) is 75.6 Å². The van der Waals surface area contributed by atoms with E-state index in [1.54, 1.807) is 18.3 Å². The Morgan fingerprint density at radius 2 is 1.85 bits per heavy atom. The Bertz CT molecular complexity index is 909. The molecule has 0 aliphatic carbocycles. The third kappa shape index (κ3) is 3.69. The van der Waals surface area contributed by atoms with Crippen LogP contribution >= 0.6 is 0 Å². The van der Waals surface area contributed by atoms with Gasteiger partial charge in [0.05, 0.1) is 30.3 Å². The maximum absolute atomic E-state index is 13.0. The highest BCUT2D eigenvalue weighted by molar-refractivity contribution is 7.89. The zero-order valence-electron chi connectivity index (χ0n) is 15.5. The summed E-state index contributed by atoms with van der Waals surface area (Å²) in [5, 5.41) is 0.